The lowest BCUT2D eigenvalue weighted by atomic mass is 9.86. The van der Waals surface area contributed by atoms with E-state index in [4.69, 9.17) is 0 Å². The second-order valence-electron chi connectivity index (χ2n) is 7.56. The van der Waals surface area contributed by atoms with Crippen LogP contribution in [0.4, 0.5) is 17.3 Å². The van der Waals surface area contributed by atoms with Gasteiger partial charge in [0.1, 0.15) is 12.6 Å². The molecule has 150 valence electrons. The first-order valence-corrected chi connectivity index (χ1v) is 8.95. The van der Waals surface area contributed by atoms with Gasteiger partial charge in [0, 0.05) is 5.92 Å². The summed E-state index contributed by atoms with van der Waals surface area (Å²) in [6.07, 6.45) is 0.435. The first kappa shape index (κ1) is 23.2. The van der Waals surface area contributed by atoms with Crippen molar-refractivity contribution in [1.29, 1.82) is 0 Å². The zero-order chi connectivity index (χ0) is 20.5. The Bertz CT molecular complexity index is 599. The Hall–Kier alpha value is -1.86. The average molecular weight is 385 g/mol. The SMILES string of the molecule is CC(C)(C)[NH2+]CC(O)CC(c1ccccc1)c1ccccc1.F[B-](F)(F)F. The van der Waals surface area contributed by atoms with Gasteiger partial charge in [0.15, 0.2) is 0 Å². The van der Waals surface area contributed by atoms with Crippen LogP contribution in [0.2, 0.25) is 0 Å². The number of aliphatic hydroxyl groups is 1. The van der Waals surface area contributed by atoms with Gasteiger partial charge in [-0.3, -0.25) is 0 Å². The van der Waals surface area contributed by atoms with Crippen molar-refractivity contribution in [2.24, 2.45) is 0 Å². The third kappa shape index (κ3) is 11.5. The van der Waals surface area contributed by atoms with Crippen LogP contribution in [-0.4, -0.2) is 30.5 Å². The van der Waals surface area contributed by atoms with E-state index >= 15 is 0 Å². The molecule has 0 aliphatic heterocycles. The zero-order valence-electron chi connectivity index (χ0n) is 16.0. The highest BCUT2D eigenvalue weighted by Crippen LogP contribution is 2.28. The molecule has 0 fully saturated rings. The van der Waals surface area contributed by atoms with E-state index in [1.165, 1.54) is 11.1 Å². The van der Waals surface area contributed by atoms with Crippen LogP contribution in [0.15, 0.2) is 60.7 Å². The Labute approximate surface area is 158 Å². The molecule has 2 nitrogen and oxygen atoms in total. The summed E-state index contributed by atoms with van der Waals surface area (Å²) in [4.78, 5) is 0. The number of hydrogen-bond donors (Lipinski definition) is 2. The fourth-order valence-corrected chi connectivity index (χ4v) is 2.69. The number of halogens is 4. The van der Waals surface area contributed by atoms with E-state index in [1.54, 1.807) is 0 Å². The molecule has 0 bridgehead atoms. The second-order valence-corrected chi connectivity index (χ2v) is 7.56. The molecule has 0 radical (unpaired) electrons. The lowest BCUT2D eigenvalue weighted by Crippen LogP contribution is -2.95. The van der Waals surface area contributed by atoms with Gasteiger partial charge in [-0.2, -0.15) is 0 Å². The van der Waals surface area contributed by atoms with Gasteiger partial charge in [-0.25, -0.2) is 0 Å². The Kier molecular flexibility index (Phi) is 8.99. The fraction of sp³-hybridized carbons (Fsp3) is 0.400. The maximum absolute atomic E-state index is 10.5. The largest absolute Gasteiger partial charge is 0.673 e. The summed E-state index contributed by atoms with van der Waals surface area (Å²) in [6.45, 7) is 7.25. The average Bonchev–Trinajstić information content (AvgIpc) is 2.57. The van der Waals surface area contributed by atoms with Crippen LogP contribution in [0.3, 0.4) is 0 Å². The highest BCUT2D eigenvalue weighted by Gasteiger charge is 2.22. The molecule has 1 unspecified atom stereocenters. The molecule has 0 aromatic heterocycles. The van der Waals surface area contributed by atoms with E-state index in [-0.39, 0.29) is 17.6 Å². The van der Waals surface area contributed by atoms with Gasteiger partial charge in [-0.05, 0) is 38.3 Å². The van der Waals surface area contributed by atoms with Gasteiger partial charge in [-0.1, -0.05) is 60.7 Å². The third-order valence-electron chi connectivity index (χ3n) is 3.91. The van der Waals surface area contributed by atoms with Crippen LogP contribution in [0.1, 0.15) is 44.2 Å². The third-order valence-corrected chi connectivity index (χ3v) is 3.91. The maximum atomic E-state index is 10.5. The Morgan fingerprint density at radius 1 is 0.852 bits per heavy atom. The smallest absolute Gasteiger partial charge is 0.418 e. The molecule has 2 aromatic carbocycles. The molecule has 2 aromatic rings. The molecule has 7 heteroatoms. The van der Waals surface area contributed by atoms with Gasteiger partial charge >= 0.3 is 7.25 Å². The normalized spacial score (nSPS) is 13.1. The highest BCUT2D eigenvalue weighted by molar-refractivity contribution is 6.50. The van der Waals surface area contributed by atoms with Crippen molar-refractivity contribution in [2.75, 3.05) is 6.54 Å². The molecule has 1 atom stereocenters. The lowest BCUT2D eigenvalue weighted by molar-refractivity contribution is -0.722. The second kappa shape index (κ2) is 10.5. The summed E-state index contributed by atoms with van der Waals surface area (Å²) in [5.74, 6) is 0.241. The molecule has 0 saturated carbocycles. The zero-order valence-corrected chi connectivity index (χ0v) is 16.0. The van der Waals surface area contributed by atoms with E-state index in [9.17, 15) is 22.4 Å². The number of aliphatic hydroxyl groups excluding tert-OH is 1. The predicted octanol–water partition coefficient (Wildman–Crippen LogP) is 4.23. The summed E-state index contributed by atoms with van der Waals surface area (Å²) in [5.41, 5.74) is 2.68. The lowest BCUT2D eigenvalue weighted by Gasteiger charge is -2.23. The maximum Gasteiger partial charge on any atom is 0.673 e. The Balaban J connectivity index is 0.000000646. The minimum atomic E-state index is -6.00. The summed E-state index contributed by atoms with van der Waals surface area (Å²) in [5, 5.41) is 12.7. The summed E-state index contributed by atoms with van der Waals surface area (Å²) < 4.78 is 39.0. The predicted molar refractivity (Wildman–Crippen MR) is 102 cm³/mol. The van der Waals surface area contributed by atoms with Crippen LogP contribution < -0.4 is 5.32 Å². The molecular weight excluding hydrogens is 357 g/mol. The topological polar surface area (TPSA) is 36.8 Å². The first-order chi connectivity index (χ1) is 12.5. The van der Waals surface area contributed by atoms with Crippen LogP contribution >= 0.6 is 0 Å². The molecule has 0 heterocycles. The van der Waals surface area contributed by atoms with E-state index < -0.39 is 7.25 Å². The van der Waals surface area contributed by atoms with Crippen molar-refractivity contribution in [3.8, 4) is 0 Å². The van der Waals surface area contributed by atoms with E-state index in [0.717, 1.165) is 13.0 Å². The molecule has 0 spiro atoms. The Morgan fingerprint density at radius 3 is 1.56 bits per heavy atom. The first-order valence-electron chi connectivity index (χ1n) is 8.95. The van der Waals surface area contributed by atoms with E-state index in [0.29, 0.717) is 0 Å². The Morgan fingerprint density at radius 2 is 1.22 bits per heavy atom. The summed E-state index contributed by atoms with van der Waals surface area (Å²) in [6, 6.07) is 21.0. The number of rotatable bonds is 6. The van der Waals surface area contributed by atoms with Crippen molar-refractivity contribution in [2.45, 2.75) is 44.8 Å². The van der Waals surface area contributed by atoms with Crippen molar-refractivity contribution in [3.05, 3.63) is 71.8 Å². The quantitative estimate of drug-likeness (QED) is 0.567. The standard InChI is InChI=1S/C20H27NO.BF4/c1-20(2,3)21-15-18(22)14-19(16-10-6-4-7-11-16)17-12-8-5-9-13-17;2-1(3,4)5/h4-13,18-19,21-22H,14-15H2,1-3H3;/q;-1/p+1. The van der Waals surface area contributed by atoms with Crippen LogP contribution in [0.5, 0.6) is 0 Å². The summed E-state index contributed by atoms with van der Waals surface area (Å²) >= 11 is 0. The summed E-state index contributed by atoms with van der Waals surface area (Å²) in [7, 11) is -6.00. The number of benzene rings is 2. The van der Waals surface area contributed by atoms with Gasteiger partial charge in [0.25, 0.3) is 0 Å². The molecule has 2 rings (SSSR count). The van der Waals surface area contributed by atoms with Gasteiger partial charge in [0.05, 0.1) is 5.54 Å². The molecule has 27 heavy (non-hydrogen) atoms. The highest BCUT2D eigenvalue weighted by atomic mass is 19.5. The monoisotopic (exact) mass is 385 g/mol. The number of hydrogen-bond acceptors (Lipinski definition) is 1. The minimum absolute atomic E-state index is 0.149. The molecule has 0 aliphatic rings. The molecular formula is C20H28BF4NO. The molecule has 0 amide bonds. The van der Waals surface area contributed by atoms with Gasteiger partial charge < -0.3 is 27.7 Å². The number of quaternary nitrogens is 1. The minimum Gasteiger partial charge on any atom is -0.418 e. The van der Waals surface area contributed by atoms with E-state index in [1.807, 2.05) is 12.1 Å². The van der Waals surface area contributed by atoms with Gasteiger partial charge in [0.2, 0.25) is 0 Å². The number of nitrogens with two attached hydrogens (primary N) is 1. The molecule has 0 aliphatic carbocycles. The van der Waals surface area contributed by atoms with E-state index in [2.05, 4.69) is 74.6 Å². The van der Waals surface area contributed by atoms with Crippen molar-refractivity contribution >= 4 is 7.25 Å². The van der Waals surface area contributed by atoms with Crippen LogP contribution in [0.25, 0.3) is 0 Å². The molecule has 3 N–H and O–H groups in total. The van der Waals surface area contributed by atoms with Crippen molar-refractivity contribution < 1.29 is 27.7 Å². The van der Waals surface area contributed by atoms with Crippen molar-refractivity contribution in [1.82, 2.24) is 0 Å². The van der Waals surface area contributed by atoms with Crippen molar-refractivity contribution in [3.63, 3.8) is 0 Å². The fourth-order valence-electron chi connectivity index (χ4n) is 2.69. The van der Waals surface area contributed by atoms with Crippen LogP contribution in [0, 0.1) is 0 Å². The van der Waals surface area contributed by atoms with Crippen LogP contribution in [-0.2, 0) is 0 Å². The molecule has 0 saturated heterocycles. The van der Waals surface area contributed by atoms with Gasteiger partial charge in [-0.15, -0.1) is 0 Å².